The van der Waals surface area contributed by atoms with Gasteiger partial charge in [-0.15, -0.1) is 11.3 Å². The number of benzene rings is 4. The summed E-state index contributed by atoms with van der Waals surface area (Å²) >= 11 is 1.86. The van der Waals surface area contributed by atoms with E-state index in [0.29, 0.717) is 0 Å². The predicted molar refractivity (Wildman–Crippen MR) is 114 cm³/mol. The first-order valence-corrected chi connectivity index (χ1v) is 9.61. The number of H-pyrrole nitrogens is 1. The van der Waals surface area contributed by atoms with Crippen molar-refractivity contribution in [2.75, 3.05) is 0 Å². The predicted octanol–water partition coefficient (Wildman–Crippen LogP) is 7.36. The molecule has 0 fully saturated rings. The summed E-state index contributed by atoms with van der Waals surface area (Å²) < 4.78 is 2.70. The quantitative estimate of drug-likeness (QED) is 0.319. The maximum atomic E-state index is 3.55. The van der Waals surface area contributed by atoms with E-state index in [0.717, 1.165) is 0 Å². The van der Waals surface area contributed by atoms with E-state index >= 15 is 0 Å². The summed E-state index contributed by atoms with van der Waals surface area (Å²) in [5, 5.41) is 5.26. The molecule has 6 rings (SSSR count). The SMILES string of the molecule is c1ccc2c(c1)[nH]c1cc(-c3ccc4sc5ccccc5c4c3)ccc12. The third-order valence-electron chi connectivity index (χ3n) is 5.22. The molecule has 0 aliphatic carbocycles. The second-order valence-electron chi connectivity index (χ2n) is 6.74. The molecule has 0 atom stereocenters. The Labute approximate surface area is 154 Å². The second kappa shape index (κ2) is 5.20. The number of aromatic amines is 1. The standard InChI is InChI=1S/C24H15NS/c1-3-7-21-17(5-1)18-11-9-16(14-22(18)25-21)15-10-12-24-20(13-15)19-6-2-4-8-23(19)26-24/h1-14,25H. The van der Waals surface area contributed by atoms with Crippen LogP contribution < -0.4 is 0 Å². The summed E-state index contributed by atoms with van der Waals surface area (Å²) in [6, 6.07) is 30.7. The number of nitrogens with one attached hydrogen (secondary N) is 1. The van der Waals surface area contributed by atoms with E-state index in [-0.39, 0.29) is 0 Å². The molecule has 0 aliphatic heterocycles. The first-order valence-electron chi connectivity index (χ1n) is 8.79. The Balaban J connectivity index is 1.59. The Morgan fingerprint density at radius 3 is 2.15 bits per heavy atom. The summed E-state index contributed by atoms with van der Waals surface area (Å²) in [7, 11) is 0. The van der Waals surface area contributed by atoms with E-state index in [2.05, 4.69) is 89.9 Å². The van der Waals surface area contributed by atoms with Crippen molar-refractivity contribution in [2.24, 2.45) is 0 Å². The molecular weight excluding hydrogens is 334 g/mol. The number of fused-ring (bicyclic) bond motifs is 6. The zero-order valence-corrected chi connectivity index (χ0v) is 14.8. The summed E-state index contributed by atoms with van der Waals surface area (Å²) in [5.41, 5.74) is 4.90. The normalized spacial score (nSPS) is 11.8. The number of hydrogen-bond acceptors (Lipinski definition) is 1. The topological polar surface area (TPSA) is 15.8 Å². The van der Waals surface area contributed by atoms with Crippen molar-refractivity contribution in [2.45, 2.75) is 0 Å². The molecular formula is C24H15NS. The molecule has 0 saturated carbocycles. The van der Waals surface area contributed by atoms with Crippen LogP contribution in [0, 0.1) is 0 Å². The van der Waals surface area contributed by atoms with Crippen LogP contribution in [-0.4, -0.2) is 4.98 Å². The molecule has 2 aromatic heterocycles. The summed E-state index contributed by atoms with van der Waals surface area (Å²) in [5.74, 6) is 0. The summed E-state index contributed by atoms with van der Waals surface area (Å²) in [6.45, 7) is 0. The van der Waals surface area contributed by atoms with Crippen LogP contribution in [0.1, 0.15) is 0 Å². The number of aromatic nitrogens is 1. The van der Waals surface area contributed by atoms with E-state index in [1.165, 1.54) is 53.1 Å². The Morgan fingerprint density at radius 1 is 0.500 bits per heavy atom. The fourth-order valence-corrected chi connectivity index (χ4v) is 5.03. The lowest BCUT2D eigenvalue weighted by Crippen LogP contribution is -1.78. The molecule has 1 nitrogen and oxygen atoms in total. The Hall–Kier alpha value is -3.10. The highest BCUT2D eigenvalue weighted by Gasteiger charge is 2.08. The Kier molecular flexibility index (Phi) is 2.82. The van der Waals surface area contributed by atoms with Gasteiger partial charge < -0.3 is 4.98 Å². The van der Waals surface area contributed by atoms with Gasteiger partial charge in [-0.1, -0.05) is 54.6 Å². The molecule has 2 heterocycles. The number of hydrogen-bond donors (Lipinski definition) is 1. The molecule has 26 heavy (non-hydrogen) atoms. The fraction of sp³-hybridized carbons (Fsp3) is 0. The highest BCUT2D eigenvalue weighted by atomic mass is 32.1. The summed E-state index contributed by atoms with van der Waals surface area (Å²) in [6.07, 6.45) is 0. The van der Waals surface area contributed by atoms with Crippen molar-refractivity contribution in [1.82, 2.24) is 4.98 Å². The van der Waals surface area contributed by atoms with Crippen molar-refractivity contribution in [1.29, 1.82) is 0 Å². The largest absolute Gasteiger partial charge is 0.354 e. The van der Waals surface area contributed by atoms with Gasteiger partial charge in [0.25, 0.3) is 0 Å². The number of para-hydroxylation sites is 1. The lowest BCUT2D eigenvalue weighted by atomic mass is 10.0. The van der Waals surface area contributed by atoms with Crippen molar-refractivity contribution >= 4 is 53.3 Å². The molecule has 4 aromatic carbocycles. The molecule has 0 bridgehead atoms. The molecule has 0 spiro atoms. The van der Waals surface area contributed by atoms with Crippen molar-refractivity contribution in [3.8, 4) is 11.1 Å². The van der Waals surface area contributed by atoms with Gasteiger partial charge in [-0.25, -0.2) is 0 Å². The molecule has 0 saturated heterocycles. The van der Waals surface area contributed by atoms with Gasteiger partial charge in [0, 0.05) is 42.0 Å². The van der Waals surface area contributed by atoms with Gasteiger partial charge in [-0.2, -0.15) is 0 Å². The lowest BCUT2D eigenvalue weighted by molar-refractivity contribution is 1.54. The maximum absolute atomic E-state index is 3.55. The summed E-state index contributed by atoms with van der Waals surface area (Å²) in [4.78, 5) is 3.55. The molecule has 0 unspecified atom stereocenters. The fourth-order valence-electron chi connectivity index (χ4n) is 3.94. The van der Waals surface area contributed by atoms with E-state index in [4.69, 9.17) is 0 Å². The van der Waals surface area contributed by atoms with Crippen LogP contribution in [0.2, 0.25) is 0 Å². The zero-order chi connectivity index (χ0) is 17.1. The van der Waals surface area contributed by atoms with Crippen LogP contribution in [0.5, 0.6) is 0 Å². The lowest BCUT2D eigenvalue weighted by Gasteiger charge is -2.03. The number of rotatable bonds is 1. The Bertz CT molecular complexity index is 1430. The smallest absolute Gasteiger partial charge is 0.0471 e. The van der Waals surface area contributed by atoms with Gasteiger partial charge in [-0.05, 0) is 41.5 Å². The van der Waals surface area contributed by atoms with Gasteiger partial charge in [0.2, 0.25) is 0 Å². The maximum Gasteiger partial charge on any atom is 0.0471 e. The highest BCUT2D eigenvalue weighted by Crippen LogP contribution is 2.37. The molecule has 1 N–H and O–H groups in total. The van der Waals surface area contributed by atoms with Crippen LogP contribution in [0.15, 0.2) is 84.9 Å². The monoisotopic (exact) mass is 349 g/mol. The highest BCUT2D eigenvalue weighted by molar-refractivity contribution is 7.25. The first-order chi connectivity index (χ1) is 12.9. The minimum Gasteiger partial charge on any atom is -0.354 e. The van der Waals surface area contributed by atoms with Crippen LogP contribution in [0.4, 0.5) is 0 Å². The van der Waals surface area contributed by atoms with Gasteiger partial charge >= 0.3 is 0 Å². The minimum atomic E-state index is 1.19. The van der Waals surface area contributed by atoms with Crippen LogP contribution in [-0.2, 0) is 0 Å². The number of thiophene rings is 1. The molecule has 0 amide bonds. The van der Waals surface area contributed by atoms with E-state index < -0.39 is 0 Å². The average molecular weight is 349 g/mol. The van der Waals surface area contributed by atoms with Gasteiger partial charge in [0.15, 0.2) is 0 Å². The van der Waals surface area contributed by atoms with Crippen molar-refractivity contribution in [3.05, 3.63) is 84.9 Å². The zero-order valence-electron chi connectivity index (χ0n) is 14.0. The van der Waals surface area contributed by atoms with E-state index in [9.17, 15) is 0 Å². The minimum absolute atomic E-state index is 1.19. The molecule has 6 aromatic rings. The Morgan fingerprint density at radius 2 is 1.19 bits per heavy atom. The first kappa shape index (κ1) is 14.1. The third-order valence-corrected chi connectivity index (χ3v) is 6.37. The van der Waals surface area contributed by atoms with Gasteiger partial charge in [0.1, 0.15) is 0 Å². The molecule has 0 aliphatic rings. The van der Waals surface area contributed by atoms with Gasteiger partial charge in [0.05, 0.1) is 0 Å². The van der Waals surface area contributed by atoms with Gasteiger partial charge in [-0.3, -0.25) is 0 Å². The second-order valence-corrected chi connectivity index (χ2v) is 7.82. The molecule has 122 valence electrons. The molecule has 0 radical (unpaired) electrons. The third kappa shape index (κ3) is 1.97. The van der Waals surface area contributed by atoms with Crippen LogP contribution in [0.25, 0.3) is 53.1 Å². The average Bonchev–Trinajstić information content (AvgIpc) is 3.25. The van der Waals surface area contributed by atoms with E-state index in [1.807, 2.05) is 11.3 Å². The van der Waals surface area contributed by atoms with Crippen molar-refractivity contribution < 1.29 is 0 Å². The van der Waals surface area contributed by atoms with Crippen LogP contribution in [0.3, 0.4) is 0 Å². The molecule has 2 heteroatoms. The van der Waals surface area contributed by atoms with E-state index in [1.54, 1.807) is 0 Å². The van der Waals surface area contributed by atoms with Crippen molar-refractivity contribution in [3.63, 3.8) is 0 Å². The van der Waals surface area contributed by atoms with Crippen LogP contribution >= 0.6 is 11.3 Å².